The zero-order valence-electron chi connectivity index (χ0n) is 31.1. The van der Waals surface area contributed by atoms with Gasteiger partial charge in [0.25, 0.3) is 0 Å². The first-order valence-electron chi connectivity index (χ1n) is 19.7. The normalized spacial score (nSPS) is 13.1. The summed E-state index contributed by atoms with van der Waals surface area (Å²) in [6, 6.07) is 77.2. The van der Waals surface area contributed by atoms with Crippen molar-refractivity contribution in [2.75, 3.05) is 4.90 Å². The molecule has 0 unspecified atom stereocenters. The molecule has 57 heavy (non-hydrogen) atoms. The number of para-hydroxylation sites is 3. The topological polar surface area (TPSA) is 16.4 Å². The lowest BCUT2D eigenvalue weighted by Crippen LogP contribution is -2.25. The van der Waals surface area contributed by atoms with Crippen LogP contribution in [0, 0.1) is 0 Å². The van der Waals surface area contributed by atoms with Crippen molar-refractivity contribution in [3.63, 3.8) is 0 Å². The molecule has 2 aliphatic carbocycles. The molecule has 0 aliphatic heterocycles. The second-order valence-electron chi connectivity index (χ2n) is 15.2. The highest BCUT2D eigenvalue weighted by molar-refractivity contribution is 6.13. The fourth-order valence-electron chi connectivity index (χ4n) is 9.91. The predicted octanol–water partition coefficient (Wildman–Crippen LogP) is 14.7. The number of benzene rings is 9. The zero-order chi connectivity index (χ0) is 37.5. The molecule has 2 heteroatoms. The predicted molar refractivity (Wildman–Crippen MR) is 236 cm³/mol. The smallest absolute Gasteiger partial charge is 0.159 e. The molecule has 0 amide bonds. The van der Waals surface area contributed by atoms with Gasteiger partial charge in [0.2, 0.25) is 0 Å². The van der Waals surface area contributed by atoms with Crippen LogP contribution in [0.15, 0.2) is 217 Å². The Labute approximate surface area is 331 Å². The molecule has 9 aromatic carbocycles. The maximum Gasteiger partial charge on any atom is 0.159 e. The summed E-state index contributed by atoms with van der Waals surface area (Å²) < 4.78 is 6.91. The minimum atomic E-state index is -0.370. The Bertz CT molecular complexity index is 3110. The Kier molecular flexibility index (Phi) is 6.88. The van der Waals surface area contributed by atoms with Crippen LogP contribution in [0.2, 0.25) is 0 Å². The second kappa shape index (κ2) is 12.3. The van der Waals surface area contributed by atoms with E-state index in [-0.39, 0.29) is 5.41 Å². The first-order chi connectivity index (χ1) is 28.3. The van der Waals surface area contributed by atoms with E-state index < -0.39 is 0 Å². The highest BCUT2D eigenvalue weighted by atomic mass is 16.3. The van der Waals surface area contributed by atoms with Crippen LogP contribution in [-0.2, 0) is 5.41 Å². The number of hydrogen-bond acceptors (Lipinski definition) is 2. The van der Waals surface area contributed by atoms with Gasteiger partial charge in [-0.1, -0.05) is 176 Å². The van der Waals surface area contributed by atoms with Crippen molar-refractivity contribution >= 4 is 39.0 Å². The summed E-state index contributed by atoms with van der Waals surface area (Å²) in [5, 5.41) is 2.21. The summed E-state index contributed by atoms with van der Waals surface area (Å²) >= 11 is 0. The van der Waals surface area contributed by atoms with Gasteiger partial charge >= 0.3 is 0 Å². The first kappa shape index (κ1) is 31.9. The Balaban J connectivity index is 1.00. The van der Waals surface area contributed by atoms with Crippen LogP contribution in [-0.4, -0.2) is 0 Å². The van der Waals surface area contributed by atoms with E-state index in [4.69, 9.17) is 4.42 Å². The van der Waals surface area contributed by atoms with E-state index >= 15 is 0 Å². The van der Waals surface area contributed by atoms with Crippen molar-refractivity contribution in [3.8, 4) is 44.5 Å². The van der Waals surface area contributed by atoms with Crippen LogP contribution in [0.4, 0.5) is 17.1 Å². The van der Waals surface area contributed by atoms with Gasteiger partial charge in [-0.3, -0.25) is 0 Å². The van der Waals surface area contributed by atoms with Crippen LogP contribution in [0.5, 0.6) is 0 Å². The number of nitrogens with zero attached hydrogens (tertiary/aromatic N) is 1. The summed E-state index contributed by atoms with van der Waals surface area (Å²) in [4.78, 5) is 2.32. The second-order valence-corrected chi connectivity index (χ2v) is 15.2. The molecule has 1 aromatic heterocycles. The Morgan fingerprint density at radius 2 is 0.807 bits per heavy atom. The van der Waals surface area contributed by atoms with E-state index in [1.54, 1.807) is 0 Å². The van der Waals surface area contributed by atoms with E-state index in [0.29, 0.717) is 0 Å². The third kappa shape index (κ3) is 4.53. The van der Waals surface area contributed by atoms with Crippen molar-refractivity contribution < 1.29 is 4.42 Å². The molecule has 0 N–H and O–H groups in total. The molecule has 0 atom stereocenters. The summed E-state index contributed by atoms with van der Waals surface area (Å²) in [5.41, 5.74) is 19.8. The Hall–Kier alpha value is -7.42. The van der Waals surface area contributed by atoms with Crippen LogP contribution in [0.1, 0.15) is 22.3 Å². The molecule has 266 valence electrons. The highest BCUT2D eigenvalue weighted by Crippen LogP contribution is 2.63. The van der Waals surface area contributed by atoms with Gasteiger partial charge in [-0.15, -0.1) is 0 Å². The summed E-state index contributed by atoms with van der Waals surface area (Å²) in [7, 11) is 0. The monoisotopic (exact) mass is 725 g/mol. The van der Waals surface area contributed by atoms with Crippen molar-refractivity contribution in [1.82, 2.24) is 0 Å². The van der Waals surface area contributed by atoms with Crippen LogP contribution < -0.4 is 4.90 Å². The van der Waals surface area contributed by atoms with Crippen molar-refractivity contribution in [2.45, 2.75) is 5.41 Å². The quantitative estimate of drug-likeness (QED) is 0.176. The fourth-order valence-corrected chi connectivity index (χ4v) is 9.91. The van der Waals surface area contributed by atoms with E-state index in [0.717, 1.165) is 50.1 Å². The summed E-state index contributed by atoms with van der Waals surface area (Å²) in [5.74, 6) is 0. The van der Waals surface area contributed by atoms with Crippen LogP contribution in [0.25, 0.3) is 66.4 Å². The average Bonchev–Trinajstić information content (AvgIpc) is 3.92. The largest absolute Gasteiger partial charge is 0.453 e. The molecule has 0 bridgehead atoms. The number of hydrogen-bond donors (Lipinski definition) is 0. The van der Waals surface area contributed by atoms with Crippen LogP contribution in [0.3, 0.4) is 0 Å². The van der Waals surface area contributed by atoms with Crippen molar-refractivity contribution in [2.24, 2.45) is 0 Å². The molecular formula is C55H35NO. The number of fused-ring (bicyclic) bond motifs is 13. The molecule has 10 aromatic rings. The minimum Gasteiger partial charge on any atom is -0.453 e. The molecular weight excluding hydrogens is 691 g/mol. The van der Waals surface area contributed by atoms with Gasteiger partial charge in [0.05, 0.1) is 11.1 Å². The number of anilines is 3. The van der Waals surface area contributed by atoms with Gasteiger partial charge in [0.15, 0.2) is 5.58 Å². The van der Waals surface area contributed by atoms with Gasteiger partial charge in [0.1, 0.15) is 5.58 Å². The average molecular weight is 726 g/mol. The molecule has 0 fully saturated rings. The fraction of sp³-hybridized carbons (Fsp3) is 0.0182. The van der Waals surface area contributed by atoms with Gasteiger partial charge < -0.3 is 9.32 Å². The zero-order valence-corrected chi connectivity index (χ0v) is 31.1. The van der Waals surface area contributed by atoms with E-state index in [9.17, 15) is 0 Å². The number of rotatable bonds is 5. The molecule has 2 aliphatic rings. The standard InChI is InChI=1S/C55H35NO/c1-3-15-37(16-4-1)41-22-13-23-46-47-24-14-28-52(54(47)57-53(41)46)56(39-17-5-2-6-18-39)40-32-29-36(30-33-40)38-31-34-45-44-21-9-12-27-50(44)55(51(45)35-38)48-25-10-7-19-42(48)43-20-8-11-26-49(43)55/h1-35H. The molecule has 0 radical (unpaired) electrons. The Morgan fingerprint density at radius 3 is 1.46 bits per heavy atom. The summed E-state index contributed by atoms with van der Waals surface area (Å²) in [6.07, 6.45) is 0. The van der Waals surface area contributed by atoms with E-state index in [1.165, 1.54) is 55.6 Å². The number of furan rings is 1. The lowest BCUT2D eigenvalue weighted by Gasteiger charge is -2.30. The molecule has 1 spiro atoms. The van der Waals surface area contributed by atoms with Crippen molar-refractivity contribution in [1.29, 1.82) is 0 Å². The molecule has 12 rings (SSSR count). The van der Waals surface area contributed by atoms with Crippen LogP contribution >= 0.6 is 0 Å². The molecule has 0 saturated heterocycles. The first-order valence-corrected chi connectivity index (χ1v) is 19.7. The van der Waals surface area contributed by atoms with E-state index in [2.05, 4.69) is 217 Å². The molecule has 2 nitrogen and oxygen atoms in total. The molecule has 0 saturated carbocycles. The SMILES string of the molecule is c1ccc(-c2cccc3c2oc2c(N(c4ccccc4)c4ccc(-c5ccc6c(c5)C5(c7ccccc7-c7ccccc75)c5ccccc5-6)cc4)cccc23)cc1. The maximum atomic E-state index is 6.91. The lowest BCUT2D eigenvalue weighted by atomic mass is 9.70. The van der Waals surface area contributed by atoms with Crippen molar-refractivity contribution in [3.05, 3.63) is 235 Å². The minimum absolute atomic E-state index is 0.370. The summed E-state index contributed by atoms with van der Waals surface area (Å²) in [6.45, 7) is 0. The third-order valence-electron chi connectivity index (χ3n) is 12.3. The van der Waals surface area contributed by atoms with Gasteiger partial charge in [-0.25, -0.2) is 0 Å². The molecule has 1 heterocycles. The van der Waals surface area contributed by atoms with Gasteiger partial charge in [0, 0.05) is 27.7 Å². The Morgan fingerprint density at radius 1 is 0.316 bits per heavy atom. The van der Waals surface area contributed by atoms with Gasteiger partial charge in [-0.2, -0.15) is 0 Å². The third-order valence-corrected chi connectivity index (χ3v) is 12.3. The van der Waals surface area contributed by atoms with E-state index in [1.807, 2.05) is 0 Å². The maximum absolute atomic E-state index is 6.91. The highest BCUT2D eigenvalue weighted by Gasteiger charge is 2.51. The van der Waals surface area contributed by atoms with Gasteiger partial charge in [-0.05, 0) is 97.6 Å². The lowest BCUT2D eigenvalue weighted by molar-refractivity contribution is 0.670.